The van der Waals surface area contributed by atoms with E-state index in [1.807, 2.05) is 0 Å². The first-order valence-electron chi connectivity index (χ1n) is 9.19. The molecule has 0 amide bonds. The topological polar surface area (TPSA) is 96.8 Å². The maximum Gasteiger partial charge on any atom is 0.416 e. The third-order valence-electron chi connectivity index (χ3n) is 4.78. The van der Waals surface area contributed by atoms with Crippen LogP contribution < -0.4 is 10.4 Å². The zero-order valence-electron chi connectivity index (χ0n) is 15.8. The van der Waals surface area contributed by atoms with Gasteiger partial charge in [-0.2, -0.15) is 17.9 Å². The van der Waals surface area contributed by atoms with E-state index in [2.05, 4.69) is 14.8 Å². The van der Waals surface area contributed by atoms with E-state index in [0.717, 1.165) is 28.9 Å². The number of aromatic nitrogens is 3. The Hall–Kier alpha value is -2.63. The molecule has 1 aliphatic rings. The van der Waals surface area contributed by atoms with Crippen LogP contribution in [0, 0.1) is 0 Å². The maximum atomic E-state index is 12.7. The van der Waals surface area contributed by atoms with E-state index >= 15 is 0 Å². The zero-order chi connectivity index (χ0) is 22.4. The van der Waals surface area contributed by atoms with Crippen LogP contribution in [0.5, 0.6) is 0 Å². The third kappa shape index (κ3) is 4.68. The smallest absolute Gasteiger partial charge is 0.288 e. The van der Waals surface area contributed by atoms with Gasteiger partial charge < -0.3 is 0 Å². The minimum absolute atomic E-state index is 0.0485. The second kappa shape index (κ2) is 7.81. The molecule has 31 heavy (non-hydrogen) atoms. The Morgan fingerprint density at radius 3 is 2.45 bits per heavy atom. The van der Waals surface area contributed by atoms with Crippen LogP contribution in [0.3, 0.4) is 0 Å². The molecule has 1 aromatic heterocycles. The highest BCUT2D eigenvalue weighted by molar-refractivity contribution is 7.90. The van der Waals surface area contributed by atoms with Gasteiger partial charge in [0.2, 0.25) is 10.0 Å². The van der Waals surface area contributed by atoms with E-state index in [0.29, 0.717) is 24.0 Å². The van der Waals surface area contributed by atoms with Gasteiger partial charge >= 0.3 is 11.9 Å². The van der Waals surface area contributed by atoms with Gasteiger partial charge in [-0.3, -0.25) is 4.98 Å². The number of halogens is 4. The summed E-state index contributed by atoms with van der Waals surface area (Å²) in [5, 5.41) is 4.05. The van der Waals surface area contributed by atoms with Gasteiger partial charge in [-0.1, -0.05) is 17.7 Å². The number of benzene rings is 2. The van der Waals surface area contributed by atoms with E-state index in [1.165, 1.54) is 0 Å². The van der Waals surface area contributed by atoms with Crippen LogP contribution in [0.4, 0.5) is 13.2 Å². The van der Waals surface area contributed by atoms with Crippen molar-refractivity contribution < 1.29 is 21.6 Å². The fourth-order valence-electron chi connectivity index (χ4n) is 2.96. The lowest BCUT2D eigenvalue weighted by Crippen LogP contribution is -2.26. The molecular weight excluding hydrogens is 457 g/mol. The predicted molar refractivity (Wildman–Crippen MR) is 108 cm³/mol. The molecule has 12 heteroatoms. The number of sulfonamides is 1. The SMILES string of the molecule is O=c1[nH]c(-c2cc(CNS(=O)(=O)C3CC3)ccc2Cl)nn1-c1ccc(C(F)(F)F)cc1. The van der Waals surface area contributed by atoms with Crippen molar-refractivity contribution in [2.75, 3.05) is 0 Å². The molecule has 0 spiro atoms. The number of nitrogens with one attached hydrogen (secondary N) is 2. The Kier molecular flexibility index (Phi) is 5.44. The highest BCUT2D eigenvalue weighted by atomic mass is 35.5. The zero-order valence-corrected chi connectivity index (χ0v) is 17.4. The van der Waals surface area contributed by atoms with E-state index in [9.17, 15) is 26.4 Å². The molecule has 0 radical (unpaired) electrons. The van der Waals surface area contributed by atoms with Crippen LogP contribution >= 0.6 is 11.6 Å². The average molecular weight is 473 g/mol. The van der Waals surface area contributed by atoms with Crippen molar-refractivity contribution in [3.05, 3.63) is 69.1 Å². The number of nitrogens with zero attached hydrogens (tertiary/aromatic N) is 2. The van der Waals surface area contributed by atoms with Gasteiger partial charge in [-0.25, -0.2) is 17.9 Å². The van der Waals surface area contributed by atoms with Gasteiger partial charge in [0.1, 0.15) is 0 Å². The number of rotatable bonds is 6. The summed E-state index contributed by atoms with van der Waals surface area (Å²) in [7, 11) is -3.37. The van der Waals surface area contributed by atoms with E-state index in [1.54, 1.807) is 18.2 Å². The van der Waals surface area contributed by atoms with Gasteiger partial charge in [0.05, 0.1) is 21.5 Å². The Bertz CT molecular complexity index is 1280. The van der Waals surface area contributed by atoms with Crippen molar-refractivity contribution in [1.82, 2.24) is 19.5 Å². The summed E-state index contributed by atoms with van der Waals surface area (Å²) in [6.07, 6.45) is -3.21. The van der Waals surface area contributed by atoms with Crippen LogP contribution in [0.15, 0.2) is 47.3 Å². The van der Waals surface area contributed by atoms with Crippen molar-refractivity contribution in [1.29, 1.82) is 0 Å². The van der Waals surface area contributed by atoms with Crippen LogP contribution in [-0.4, -0.2) is 28.4 Å². The number of alkyl halides is 3. The average Bonchev–Trinajstić information content (AvgIpc) is 3.50. The predicted octanol–water partition coefficient (Wildman–Crippen LogP) is 3.48. The molecule has 0 atom stereocenters. The van der Waals surface area contributed by atoms with Gasteiger partial charge in [-0.05, 0) is 54.8 Å². The first kappa shape index (κ1) is 21.6. The molecule has 0 saturated heterocycles. The Morgan fingerprint density at radius 2 is 1.84 bits per heavy atom. The van der Waals surface area contributed by atoms with Crippen molar-refractivity contribution >= 4 is 21.6 Å². The van der Waals surface area contributed by atoms with Crippen LogP contribution in [-0.2, 0) is 22.7 Å². The molecule has 3 aromatic rings. The van der Waals surface area contributed by atoms with Crippen molar-refractivity contribution in [2.45, 2.75) is 30.8 Å². The number of hydrogen-bond acceptors (Lipinski definition) is 4. The molecule has 0 bridgehead atoms. The summed E-state index contributed by atoms with van der Waals surface area (Å²) < 4.78 is 65.7. The van der Waals surface area contributed by atoms with E-state index in [4.69, 9.17) is 11.6 Å². The summed E-state index contributed by atoms with van der Waals surface area (Å²) in [5.74, 6) is 0.0989. The lowest BCUT2D eigenvalue weighted by Gasteiger charge is -2.08. The molecule has 2 N–H and O–H groups in total. The molecule has 1 saturated carbocycles. The molecule has 2 aromatic carbocycles. The Morgan fingerprint density at radius 1 is 1.16 bits per heavy atom. The fraction of sp³-hybridized carbons (Fsp3) is 0.263. The molecule has 164 valence electrons. The standard InChI is InChI=1S/C19H16ClF3N4O3S/c20-16-8-1-11(10-24-31(29,30)14-6-7-14)9-15(16)17-25-18(28)27(26-17)13-4-2-12(3-5-13)19(21,22)23/h1-5,8-9,14,24H,6-7,10H2,(H,25,26,28). The highest BCUT2D eigenvalue weighted by Gasteiger charge is 2.35. The second-order valence-electron chi connectivity index (χ2n) is 7.11. The van der Waals surface area contributed by atoms with E-state index in [-0.39, 0.29) is 28.3 Å². The van der Waals surface area contributed by atoms with E-state index < -0.39 is 27.5 Å². The largest absolute Gasteiger partial charge is 0.416 e. The highest BCUT2D eigenvalue weighted by Crippen LogP contribution is 2.30. The molecule has 7 nitrogen and oxygen atoms in total. The number of H-pyrrole nitrogens is 1. The number of aromatic amines is 1. The minimum atomic E-state index is -4.49. The van der Waals surface area contributed by atoms with Crippen molar-refractivity contribution in [3.8, 4) is 17.1 Å². The molecule has 1 aliphatic carbocycles. The number of hydrogen-bond donors (Lipinski definition) is 2. The summed E-state index contributed by atoms with van der Waals surface area (Å²) in [6, 6.07) is 8.77. The second-order valence-corrected chi connectivity index (χ2v) is 9.57. The summed E-state index contributed by atoms with van der Waals surface area (Å²) in [4.78, 5) is 14.8. The van der Waals surface area contributed by atoms with Crippen molar-refractivity contribution in [2.24, 2.45) is 0 Å². The third-order valence-corrected chi connectivity index (χ3v) is 7.01. The Balaban J connectivity index is 1.61. The summed E-state index contributed by atoms with van der Waals surface area (Å²) in [6.45, 7) is 0.0485. The monoisotopic (exact) mass is 472 g/mol. The van der Waals surface area contributed by atoms with Crippen LogP contribution in [0.25, 0.3) is 17.1 Å². The van der Waals surface area contributed by atoms with Crippen molar-refractivity contribution in [3.63, 3.8) is 0 Å². The normalized spacial score (nSPS) is 14.7. The van der Waals surface area contributed by atoms with Gasteiger partial charge in [0.15, 0.2) is 5.82 Å². The quantitative estimate of drug-likeness (QED) is 0.574. The first-order valence-corrected chi connectivity index (χ1v) is 11.1. The lowest BCUT2D eigenvalue weighted by molar-refractivity contribution is -0.137. The molecule has 1 heterocycles. The molecule has 0 aliphatic heterocycles. The Labute approximate surface area is 179 Å². The fourth-order valence-corrected chi connectivity index (χ4v) is 4.52. The maximum absolute atomic E-state index is 12.7. The van der Waals surface area contributed by atoms with Gasteiger partial charge in [0.25, 0.3) is 0 Å². The van der Waals surface area contributed by atoms with Gasteiger partial charge in [0, 0.05) is 12.1 Å². The molecule has 4 rings (SSSR count). The molecule has 0 unspecified atom stereocenters. The lowest BCUT2D eigenvalue weighted by atomic mass is 10.1. The summed E-state index contributed by atoms with van der Waals surface area (Å²) in [5.41, 5.74) is -0.402. The minimum Gasteiger partial charge on any atom is -0.288 e. The van der Waals surface area contributed by atoms with Gasteiger partial charge in [-0.15, -0.1) is 5.10 Å². The first-order chi connectivity index (χ1) is 14.5. The van der Waals surface area contributed by atoms with Crippen LogP contribution in [0.1, 0.15) is 24.0 Å². The van der Waals surface area contributed by atoms with Crippen LogP contribution in [0.2, 0.25) is 5.02 Å². The molecular formula is C19H16ClF3N4O3S. The molecule has 1 fully saturated rings. The summed E-state index contributed by atoms with van der Waals surface area (Å²) >= 11 is 6.22.